The number of nitrogens with one attached hydrogen (secondary N) is 1. The first kappa shape index (κ1) is 22.5. The van der Waals surface area contributed by atoms with Crippen molar-refractivity contribution < 1.29 is 23.8 Å². The number of morpholine rings is 1. The van der Waals surface area contributed by atoms with E-state index in [9.17, 15) is 9.59 Å². The second-order valence-electron chi connectivity index (χ2n) is 6.23. The highest BCUT2D eigenvalue weighted by molar-refractivity contribution is 6.05. The van der Waals surface area contributed by atoms with Gasteiger partial charge in [0.15, 0.2) is 0 Å². The van der Waals surface area contributed by atoms with Crippen LogP contribution >= 0.6 is 12.4 Å². The van der Waals surface area contributed by atoms with Gasteiger partial charge in [-0.15, -0.1) is 12.4 Å². The number of benzene rings is 2. The summed E-state index contributed by atoms with van der Waals surface area (Å²) in [7, 11) is 1.57. The van der Waals surface area contributed by atoms with Crippen LogP contribution in [0.4, 0.5) is 11.4 Å². The lowest BCUT2D eigenvalue weighted by Crippen LogP contribution is -2.37. The van der Waals surface area contributed by atoms with Gasteiger partial charge in [-0.1, -0.05) is 0 Å². The Hall–Kier alpha value is -2.77. The van der Waals surface area contributed by atoms with Crippen molar-refractivity contribution in [3.63, 3.8) is 0 Å². The van der Waals surface area contributed by atoms with Crippen LogP contribution in [0, 0.1) is 0 Å². The number of anilines is 2. The molecule has 0 unspecified atom stereocenters. The number of methoxy groups -OCH3 is 1. The molecule has 3 rings (SSSR count). The van der Waals surface area contributed by atoms with Crippen molar-refractivity contribution in [2.45, 2.75) is 6.92 Å². The van der Waals surface area contributed by atoms with E-state index < -0.39 is 5.97 Å². The number of carbonyl (C=O) groups excluding carboxylic acids is 2. The Morgan fingerprint density at radius 2 is 1.79 bits per heavy atom. The molecule has 156 valence electrons. The van der Waals surface area contributed by atoms with E-state index in [1.807, 2.05) is 6.07 Å². The van der Waals surface area contributed by atoms with Crippen LogP contribution < -0.4 is 15.0 Å². The first-order valence-corrected chi connectivity index (χ1v) is 9.21. The fourth-order valence-corrected chi connectivity index (χ4v) is 3.01. The maximum Gasteiger partial charge on any atom is 0.340 e. The van der Waals surface area contributed by atoms with E-state index in [0.29, 0.717) is 48.9 Å². The maximum absolute atomic E-state index is 12.5. The number of nitrogens with zero attached hydrogens (tertiary/aromatic N) is 1. The summed E-state index contributed by atoms with van der Waals surface area (Å²) in [4.78, 5) is 27.1. The van der Waals surface area contributed by atoms with Crippen molar-refractivity contribution in [2.75, 3.05) is 50.2 Å². The lowest BCUT2D eigenvalue weighted by molar-refractivity contribution is 0.0526. The molecule has 1 fully saturated rings. The molecule has 0 saturated carbocycles. The van der Waals surface area contributed by atoms with Gasteiger partial charge in [-0.3, -0.25) is 4.79 Å². The molecule has 0 atom stereocenters. The molecule has 0 radical (unpaired) electrons. The van der Waals surface area contributed by atoms with Gasteiger partial charge >= 0.3 is 5.97 Å². The van der Waals surface area contributed by atoms with Gasteiger partial charge in [-0.25, -0.2) is 4.79 Å². The Kier molecular flexibility index (Phi) is 8.30. The molecule has 0 aromatic heterocycles. The SMILES string of the molecule is CCOC(=O)c1cc(NC(=O)c2ccc(OC)cc2)ccc1N1CCOCC1.Cl. The fraction of sp³-hybridized carbons (Fsp3) is 0.333. The lowest BCUT2D eigenvalue weighted by atomic mass is 10.1. The highest BCUT2D eigenvalue weighted by Gasteiger charge is 2.21. The first-order valence-electron chi connectivity index (χ1n) is 9.21. The normalized spacial score (nSPS) is 13.2. The minimum absolute atomic E-state index is 0. The summed E-state index contributed by atoms with van der Waals surface area (Å²) in [5.41, 5.74) is 2.23. The van der Waals surface area contributed by atoms with Crippen molar-refractivity contribution in [3.8, 4) is 5.75 Å². The summed E-state index contributed by atoms with van der Waals surface area (Å²) in [5, 5.41) is 2.83. The molecule has 29 heavy (non-hydrogen) atoms. The topological polar surface area (TPSA) is 77.1 Å². The zero-order valence-electron chi connectivity index (χ0n) is 16.5. The van der Waals surface area contributed by atoms with Crippen LogP contribution in [-0.4, -0.2) is 51.9 Å². The zero-order valence-corrected chi connectivity index (χ0v) is 17.3. The third-order valence-electron chi connectivity index (χ3n) is 4.45. The Labute approximate surface area is 176 Å². The van der Waals surface area contributed by atoms with Crippen molar-refractivity contribution >= 4 is 35.7 Å². The van der Waals surface area contributed by atoms with Crippen molar-refractivity contribution in [1.29, 1.82) is 0 Å². The first-order chi connectivity index (χ1) is 13.6. The number of carbonyl (C=O) groups is 2. The van der Waals surface area contributed by atoms with Crippen molar-refractivity contribution in [2.24, 2.45) is 0 Å². The number of hydrogen-bond donors (Lipinski definition) is 1. The van der Waals surface area contributed by atoms with Crippen LogP contribution in [0.25, 0.3) is 0 Å². The standard InChI is InChI=1S/C21H24N2O5.ClH/c1-3-28-21(25)18-14-16(6-9-19(18)23-10-12-27-13-11-23)22-20(24)15-4-7-17(26-2)8-5-15;/h4-9,14H,3,10-13H2,1-2H3,(H,22,24);1H. The molecule has 0 bridgehead atoms. The third-order valence-corrected chi connectivity index (χ3v) is 4.45. The Morgan fingerprint density at radius 3 is 2.41 bits per heavy atom. The predicted molar refractivity (Wildman–Crippen MR) is 114 cm³/mol. The molecule has 8 heteroatoms. The van der Waals surface area contributed by atoms with Crippen molar-refractivity contribution in [1.82, 2.24) is 0 Å². The van der Waals surface area contributed by atoms with E-state index in [4.69, 9.17) is 14.2 Å². The monoisotopic (exact) mass is 420 g/mol. The molecular formula is C21H25ClN2O5. The van der Waals surface area contributed by atoms with Gasteiger partial charge in [0, 0.05) is 24.3 Å². The molecule has 2 aromatic rings. The summed E-state index contributed by atoms with van der Waals surface area (Å²) < 4.78 is 15.7. The molecule has 0 aliphatic carbocycles. The van der Waals surface area contributed by atoms with Crippen LogP contribution in [0.5, 0.6) is 5.75 Å². The Balaban J connectivity index is 0.00000300. The highest BCUT2D eigenvalue weighted by Crippen LogP contribution is 2.26. The Bertz CT molecular complexity index is 835. The van der Waals surface area contributed by atoms with Crippen LogP contribution in [0.3, 0.4) is 0 Å². The molecular weight excluding hydrogens is 396 g/mol. The number of esters is 1. The van der Waals surface area contributed by atoms with Crippen LogP contribution in [-0.2, 0) is 9.47 Å². The van der Waals surface area contributed by atoms with Gasteiger partial charge in [-0.2, -0.15) is 0 Å². The van der Waals surface area contributed by atoms with E-state index in [2.05, 4.69) is 10.2 Å². The number of rotatable bonds is 6. The van der Waals surface area contributed by atoms with Gasteiger partial charge in [0.25, 0.3) is 5.91 Å². The average Bonchev–Trinajstić information content (AvgIpc) is 2.74. The number of ether oxygens (including phenoxy) is 3. The van der Waals surface area contributed by atoms with Gasteiger partial charge in [0.05, 0.1) is 38.2 Å². The quantitative estimate of drug-likeness (QED) is 0.722. The minimum atomic E-state index is -0.412. The Morgan fingerprint density at radius 1 is 1.10 bits per heavy atom. The largest absolute Gasteiger partial charge is 0.497 e. The molecule has 1 aliphatic heterocycles. The average molecular weight is 421 g/mol. The fourth-order valence-electron chi connectivity index (χ4n) is 3.01. The van der Waals surface area contributed by atoms with Gasteiger partial charge < -0.3 is 24.4 Å². The molecule has 0 spiro atoms. The molecule has 1 amide bonds. The van der Waals surface area contributed by atoms with Crippen LogP contribution in [0.1, 0.15) is 27.6 Å². The summed E-state index contributed by atoms with van der Waals surface area (Å²) in [6.45, 7) is 4.66. The van der Waals surface area contributed by atoms with Gasteiger partial charge in [0.2, 0.25) is 0 Å². The van der Waals surface area contributed by atoms with Gasteiger partial charge in [-0.05, 0) is 49.4 Å². The number of amides is 1. The smallest absolute Gasteiger partial charge is 0.340 e. The van der Waals surface area contributed by atoms with E-state index in [-0.39, 0.29) is 24.9 Å². The molecule has 7 nitrogen and oxygen atoms in total. The second kappa shape index (κ2) is 10.7. The summed E-state index contributed by atoms with van der Waals surface area (Å²) in [5.74, 6) is -0.00265. The number of hydrogen-bond acceptors (Lipinski definition) is 6. The highest BCUT2D eigenvalue weighted by atomic mass is 35.5. The zero-order chi connectivity index (χ0) is 19.9. The predicted octanol–water partition coefficient (Wildman–Crippen LogP) is 3.38. The molecule has 2 aromatic carbocycles. The van der Waals surface area contributed by atoms with E-state index in [1.165, 1.54) is 0 Å². The number of halogens is 1. The molecule has 1 N–H and O–H groups in total. The summed E-state index contributed by atoms with van der Waals surface area (Å²) in [6.07, 6.45) is 0. The van der Waals surface area contributed by atoms with Gasteiger partial charge in [0.1, 0.15) is 5.75 Å². The minimum Gasteiger partial charge on any atom is -0.497 e. The maximum atomic E-state index is 12.5. The van der Waals surface area contributed by atoms with Crippen molar-refractivity contribution in [3.05, 3.63) is 53.6 Å². The molecule has 1 saturated heterocycles. The van der Waals surface area contributed by atoms with Crippen LogP contribution in [0.15, 0.2) is 42.5 Å². The molecule has 1 heterocycles. The summed E-state index contributed by atoms with van der Waals surface area (Å²) in [6, 6.07) is 12.1. The van der Waals surface area contributed by atoms with E-state index in [0.717, 1.165) is 5.69 Å². The second-order valence-corrected chi connectivity index (χ2v) is 6.23. The molecule has 1 aliphatic rings. The summed E-state index contributed by atoms with van der Waals surface area (Å²) >= 11 is 0. The van der Waals surface area contributed by atoms with E-state index >= 15 is 0 Å². The lowest BCUT2D eigenvalue weighted by Gasteiger charge is -2.30. The van der Waals surface area contributed by atoms with Crippen LogP contribution in [0.2, 0.25) is 0 Å². The third kappa shape index (κ3) is 5.62. The van der Waals surface area contributed by atoms with E-state index in [1.54, 1.807) is 50.4 Å².